The van der Waals surface area contributed by atoms with E-state index in [-0.39, 0.29) is 24.5 Å². The second kappa shape index (κ2) is 10.9. The van der Waals surface area contributed by atoms with E-state index >= 15 is 0 Å². The van der Waals surface area contributed by atoms with E-state index in [0.717, 1.165) is 57.4 Å². The van der Waals surface area contributed by atoms with Crippen molar-refractivity contribution in [1.82, 2.24) is 19.6 Å². The summed E-state index contributed by atoms with van der Waals surface area (Å²) in [6, 6.07) is 8.31. The van der Waals surface area contributed by atoms with Crippen molar-refractivity contribution in [2.24, 2.45) is 11.3 Å². The van der Waals surface area contributed by atoms with Gasteiger partial charge in [0, 0.05) is 50.2 Å². The molecule has 0 unspecified atom stereocenters. The molecule has 9 nitrogen and oxygen atoms in total. The van der Waals surface area contributed by atoms with Gasteiger partial charge in [0.2, 0.25) is 0 Å². The number of urea groups is 1. The predicted molar refractivity (Wildman–Crippen MR) is 153 cm³/mol. The van der Waals surface area contributed by atoms with Gasteiger partial charge in [0.15, 0.2) is 0 Å². The van der Waals surface area contributed by atoms with Crippen LogP contribution in [0.15, 0.2) is 35.4 Å². The molecule has 2 fully saturated rings. The first-order valence-corrected chi connectivity index (χ1v) is 14.7. The molecule has 5 heterocycles. The normalized spacial score (nSPS) is 21.6. The number of hydrogen-bond acceptors (Lipinski definition) is 7. The van der Waals surface area contributed by atoms with Crippen molar-refractivity contribution in [3.05, 3.63) is 35.9 Å². The lowest BCUT2D eigenvalue weighted by atomic mass is 9.92. The van der Waals surface area contributed by atoms with Gasteiger partial charge in [-0.3, -0.25) is 14.4 Å². The summed E-state index contributed by atoms with van der Waals surface area (Å²) in [5.41, 5.74) is -1.98. The highest BCUT2D eigenvalue weighted by Crippen LogP contribution is 2.41. The first-order valence-electron chi connectivity index (χ1n) is 13.9. The van der Waals surface area contributed by atoms with Gasteiger partial charge in [-0.1, -0.05) is 6.07 Å². The van der Waals surface area contributed by atoms with E-state index in [1.807, 2.05) is 18.2 Å². The van der Waals surface area contributed by atoms with Crippen LogP contribution in [-0.4, -0.2) is 71.2 Å². The van der Waals surface area contributed by atoms with Crippen molar-refractivity contribution >= 4 is 41.3 Å². The fourth-order valence-electron chi connectivity index (χ4n) is 5.76. The van der Waals surface area contributed by atoms with Gasteiger partial charge in [-0.05, 0) is 77.1 Å². The van der Waals surface area contributed by atoms with E-state index < -0.39 is 24.2 Å². The number of pyridine rings is 2. The van der Waals surface area contributed by atoms with Crippen LogP contribution in [0, 0.1) is 11.3 Å². The van der Waals surface area contributed by atoms with Crippen molar-refractivity contribution in [3.63, 3.8) is 0 Å². The lowest BCUT2D eigenvalue weighted by molar-refractivity contribution is -0.214. The summed E-state index contributed by atoms with van der Waals surface area (Å²) in [7, 11) is 0. The smallest absolute Gasteiger partial charge is 0.370 e. The van der Waals surface area contributed by atoms with Crippen LogP contribution in [0.2, 0.25) is 0 Å². The Balaban J connectivity index is 1.46. The Bertz CT molecular complexity index is 1320. The van der Waals surface area contributed by atoms with Crippen LogP contribution >= 0.6 is 11.9 Å². The molecule has 4 bridgehead atoms. The molecule has 3 amide bonds. The first kappa shape index (κ1) is 29.3. The molecule has 13 heteroatoms. The van der Waals surface area contributed by atoms with E-state index in [4.69, 9.17) is 4.98 Å². The molecule has 0 radical (unpaired) electrons. The highest BCUT2D eigenvalue weighted by atomic mass is 32.2. The van der Waals surface area contributed by atoms with Gasteiger partial charge < -0.3 is 15.1 Å². The molecule has 2 saturated heterocycles. The number of carbonyl (C=O) groups excluding carboxylic acids is 2. The minimum absolute atomic E-state index is 0.158. The van der Waals surface area contributed by atoms with E-state index in [9.17, 15) is 22.8 Å². The van der Waals surface area contributed by atoms with Crippen LogP contribution in [0.4, 0.5) is 35.4 Å². The standard InChI is InChI=1S/C28H36F3N7O2S/c1-26(2,28(29,30)31)17-36-13-14-37(25(36)40)21-11-10-19-23(34-21)38-16-18(15-27(38,3)4)7-6-12-32-20-8-5-9-22(33-20)41-35-24(19)39/h5,8-11,18H,6-7,12-17H2,1-4H3,(H,32,33)(H,35,39)/t18-/m0/s1. The van der Waals surface area contributed by atoms with Crippen LogP contribution in [0.3, 0.4) is 0 Å². The molecule has 41 heavy (non-hydrogen) atoms. The lowest BCUT2D eigenvalue weighted by Crippen LogP contribution is -2.45. The van der Waals surface area contributed by atoms with Crippen LogP contribution in [0.5, 0.6) is 0 Å². The largest absolute Gasteiger partial charge is 0.395 e. The Morgan fingerprint density at radius 2 is 1.88 bits per heavy atom. The van der Waals surface area contributed by atoms with E-state index in [2.05, 4.69) is 33.8 Å². The molecule has 2 aromatic heterocycles. The van der Waals surface area contributed by atoms with Gasteiger partial charge in [0.05, 0.1) is 11.0 Å². The number of carbonyl (C=O) groups is 2. The molecule has 222 valence electrons. The van der Waals surface area contributed by atoms with E-state index in [0.29, 0.717) is 34.7 Å². The number of aromatic nitrogens is 2. The maximum Gasteiger partial charge on any atom is 0.395 e. The van der Waals surface area contributed by atoms with Crippen LogP contribution < -0.4 is 19.8 Å². The fourth-order valence-corrected chi connectivity index (χ4v) is 6.36. The average Bonchev–Trinajstić information content (AvgIpc) is 3.41. The number of halogens is 3. The van der Waals surface area contributed by atoms with E-state index in [1.165, 1.54) is 9.80 Å². The Kier molecular flexibility index (Phi) is 7.77. The van der Waals surface area contributed by atoms with Crippen LogP contribution in [-0.2, 0) is 0 Å². The average molecular weight is 592 g/mol. The van der Waals surface area contributed by atoms with Crippen LogP contribution in [0.1, 0.15) is 57.3 Å². The zero-order valence-corrected chi connectivity index (χ0v) is 24.5. The molecule has 1 atom stereocenters. The molecule has 0 aliphatic carbocycles. The quantitative estimate of drug-likeness (QED) is 0.452. The molecular formula is C28H36F3N7O2S. The Morgan fingerprint density at radius 3 is 2.63 bits per heavy atom. The second-order valence-corrected chi connectivity index (χ2v) is 13.1. The number of amides is 3. The summed E-state index contributed by atoms with van der Waals surface area (Å²) in [5.74, 6) is 1.56. The fraction of sp³-hybridized carbons (Fsp3) is 0.571. The summed E-state index contributed by atoms with van der Waals surface area (Å²) in [4.78, 5) is 40.9. The minimum Gasteiger partial charge on any atom is -0.370 e. The molecule has 0 spiro atoms. The maximum absolute atomic E-state index is 13.5. The Morgan fingerprint density at radius 1 is 1.10 bits per heavy atom. The third-order valence-corrected chi connectivity index (χ3v) is 8.84. The SMILES string of the molecule is CC1(C)C[C@@H]2CCCNc3cccc(n3)SNC(=O)c3ccc(N4CCN(CC(C)(C)C(F)(F)F)C4=O)nc3N1C2. The zero-order chi connectivity index (χ0) is 29.6. The maximum atomic E-state index is 13.5. The molecule has 3 aliphatic heterocycles. The van der Waals surface area contributed by atoms with Crippen molar-refractivity contribution in [1.29, 1.82) is 0 Å². The monoisotopic (exact) mass is 591 g/mol. The summed E-state index contributed by atoms with van der Waals surface area (Å²) >= 11 is 1.11. The minimum atomic E-state index is -4.44. The molecule has 3 aliphatic rings. The number of rotatable bonds is 3. The summed E-state index contributed by atoms with van der Waals surface area (Å²) < 4.78 is 43.4. The molecular weight excluding hydrogens is 555 g/mol. The van der Waals surface area contributed by atoms with Gasteiger partial charge in [-0.15, -0.1) is 0 Å². The van der Waals surface area contributed by atoms with Crippen molar-refractivity contribution in [2.75, 3.05) is 47.8 Å². The topological polar surface area (TPSA) is 93.7 Å². The Hall–Kier alpha value is -3.22. The third-order valence-electron chi connectivity index (χ3n) is 8.11. The van der Waals surface area contributed by atoms with Crippen molar-refractivity contribution < 1.29 is 22.8 Å². The van der Waals surface area contributed by atoms with Crippen molar-refractivity contribution in [3.8, 4) is 0 Å². The summed E-state index contributed by atoms with van der Waals surface area (Å²) in [5, 5.41) is 4.00. The zero-order valence-electron chi connectivity index (χ0n) is 23.7. The number of hydrogen-bond donors (Lipinski definition) is 2. The van der Waals surface area contributed by atoms with Gasteiger partial charge in [0.1, 0.15) is 22.5 Å². The number of fused-ring (bicyclic) bond motifs is 6. The highest BCUT2D eigenvalue weighted by molar-refractivity contribution is 7.97. The highest BCUT2D eigenvalue weighted by Gasteiger charge is 2.50. The van der Waals surface area contributed by atoms with Gasteiger partial charge in [-0.25, -0.2) is 14.8 Å². The Labute approximate surface area is 242 Å². The lowest BCUT2D eigenvalue weighted by Gasteiger charge is -2.34. The molecule has 0 saturated carbocycles. The summed E-state index contributed by atoms with van der Waals surface area (Å²) in [6.07, 6.45) is -1.59. The molecule has 2 N–H and O–H groups in total. The first-order chi connectivity index (χ1) is 19.2. The number of nitrogens with zero attached hydrogens (tertiary/aromatic N) is 5. The number of nitrogens with one attached hydrogen (secondary N) is 2. The van der Waals surface area contributed by atoms with E-state index in [1.54, 1.807) is 12.1 Å². The second-order valence-electron chi connectivity index (χ2n) is 12.2. The van der Waals surface area contributed by atoms with Crippen molar-refractivity contribution in [2.45, 2.75) is 63.7 Å². The molecule has 5 rings (SSSR count). The van der Waals surface area contributed by atoms with Crippen LogP contribution in [0.25, 0.3) is 0 Å². The predicted octanol–water partition coefficient (Wildman–Crippen LogP) is 5.55. The third kappa shape index (κ3) is 6.05. The summed E-state index contributed by atoms with van der Waals surface area (Å²) in [6.45, 7) is 7.84. The van der Waals surface area contributed by atoms with Gasteiger partial charge >= 0.3 is 12.2 Å². The number of alkyl halides is 3. The van der Waals surface area contributed by atoms with Gasteiger partial charge in [-0.2, -0.15) is 13.2 Å². The van der Waals surface area contributed by atoms with Gasteiger partial charge in [0.25, 0.3) is 5.91 Å². The molecule has 2 aromatic rings. The number of anilines is 3. The molecule has 0 aromatic carbocycles.